The SMILES string of the molecule is COC(CNC(=O)Nc1ccc(-n2cccc2)cc1)OC. The molecule has 2 N–H and O–H groups in total. The van der Waals surface area contributed by atoms with Crippen LogP contribution in [0.15, 0.2) is 48.8 Å². The number of anilines is 1. The predicted octanol–water partition coefficient (Wildman–Crippen LogP) is 2.22. The monoisotopic (exact) mass is 289 g/mol. The van der Waals surface area contributed by atoms with Crippen molar-refractivity contribution in [3.63, 3.8) is 0 Å². The maximum Gasteiger partial charge on any atom is 0.319 e. The van der Waals surface area contributed by atoms with Crippen molar-refractivity contribution in [3.05, 3.63) is 48.8 Å². The van der Waals surface area contributed by atoms with E-state index < -0.39 is 6.29 Å². The largest absolute Gasteiger partial charge is 0.354 e. The molecule has 21 heavy (non-hydrogen) atoms. The lowest BCUT2D eigenvalue weighted by Crippen LogP contribution is -2.36. The van der Waals surface area contributed by atoms with E-state index in [1.165, 1.54) is 14.2 Å². The van der Waals surface area contributed by atoms with E-state index in [4.69, 9.17) is 9.47 Å². The standard InChI is InChI=1S/C15H19N3O3/c1-20-14(21-2)11-16-15(19)17-12-5-7-13(8-6-12)18-9-3-4-10-18/h3-10,14H,11H2,1-2H3,(H2,16,17,19). The Bertz CT molecular complexity index is 548. The molecule has 1 aromatic carbocycles. The molecule has 2 rings (SSSR count). The van der Waals surface area contributed by atoms with Crippen molar-refractivity contribution < 1.29 is 14.3 Å². The second-order valence-corrected chi connectivity index (χ2v) is 4.37. The molecule has 0 saturated heterocycles. The lowest BCUT2D eigenvalue weighted by atomic mass is 10.3. The summed E-state index contributed by atoms with van der Waals surface area (Å²) in [4.78, 5) is 11.7. The van der Waals surface area contributed by atoms with Gasteiger partial charge in [-0.2, -0.15) is 0 Å². The zero-order valence-corrected chi connectivity index (χ0v) is 12.1. The van der Waals surface area contributed by atoms with Gasteiger partial charge in [-0.05, 0) is 36.4 Å². The van der Waals surface area contributed by atoms with Crippen molar-refractivity contribution in [2.75, 3.05) is 26.1 Å². The smallest absolute Gasteiger partial charge is 0.319 e. The first-order valence-corrected chi connectivity index (χ1v) is 6.57. The Morgan fingerprint density at radius 1 is 1.14 bits per heavy atom. The molecule has 6 nitrogen and oxygen atoms in total. The second kappa shape index (κ2) is 7.47. The van der Waals surface area contributed by atoms with Crippen LogP contribution in [-0.2, 0) is 9.47 Å². The summed E-state index contributed by atoms with van der Waals surface area (Å²) < 4.78 is 12.0. The molecule has 0 bridgehead atoms. The Labute approximate surface area is 123 Å². The number of ether oxygens (including phenoxy) is 2. The van der Waals surface area contributed by atoms with Crippen LogP contribution in [0.5, 0.6) is 0 Å². The van der Waals surface area contributed by atoms with Crippen molar-refractivity contribution >= 4 is 11.7 Å². The van der Waals surface area contributed by atoms with Gasteiger partial charge in [0.1, 0.15) is 0 Å². The average Bonchev–Trinajstić information content (AvgIpc) is 3.03. The molecule has 0 radical (unpaired) electrons. The third kappa shape index (κ3) is 4.34. The molecule has 1 heterocycles. The van der Waals surface area contributed by atoms with E-state index >= 15 is 0 Å². The number of benzene rings is 1. The fraction of sp³-hybridized carbons (Fsp3) is 0.267. The zero-order chi connectivity index (χ0) is 15.1. The highest BCUT2D eigenvalue weighted by molar-refractivity contribution is 5.89. The van der Waals surface area contributed by atoms with Gasteiger partial charge in [-0.3, -0.25) is 0 Å². The number of carbonyl (C=O) groups excluding carboxylic acids is 1. The van der Waals surface area contributed by atoms with Crippen LogP contribution in [0, 0.1) is 0 Å². The summed E-state index contributed by atoms with van der Waals surface area (Å²) in [7, 11) is 3.04. The lowest BCUT2D eigenvalue weighted by molar-refractivity contribution is -0.0970. The average molecular weight is 289 g/mol. The molecule has 2 amide bonds. The van der Waals surface area contributed by atoms with E-state index in [1.54, 1.807) is 0 Å². The van der Waals surface area contributed by atoms with Crippen molar-refractivity contribution in [3.8, 4) is 5.69 Å². The van der Waals surface area contributed by atoms with Gasteiger partial charge in [0.25, 0.3) is 0 Å². The summed E-state index contributed by atoms with van der Waals surface area (Å²) in [6.45, 7) is 0.278. The van der Waals surface area contributed by atoms with Gasteiger partial charge in [0.15, 0.2) is 6.29 Å². The van der Waals surface area contributed by atoms with E-state index in [-0.39, 0.29) is 12.6 Å². The summed E-state index contributed by atoms with van der Waals surface area (Å²) >= 11 is 0. The Morgan fingerprint density at radius 2 is 1.76 bits per heavy atom. The van der Waals surface area contributed by atoms with Crippen molar-refractivity contribution in [1.82, 2.24) is 9.88 Å². The molecule has 0 fully saturated rings. The number of amides is 2. The minimum Gasteiger partial charge on any atom is -0.354 e. The number of aromatic nitrogens is 1. The molecule has 2 aromatic rings. The Kier molecular flexibility index (Phi) is 5.36. The van der Waals surface area contributed by atoms with Crippen LogP contribution < -0.4 is 10.6 Å². The molecular weight excluding hydrogens is 270 g/mol. The van der Waals surface area contributed by atoms with Gasteiger partial charge in [-0.25, -0.2) is 4.79 Å². The zero-order valence-electron chi connectivity index (χ0n) is 12.1. The molecule has 6 heteroatoms. The molecule has 0 aliphatic heterocycles. The number of urea groups is 1. The van der Waals surface area contributed by atoms with E-state index in [9.17, 15) is 4.79 Å². The van der Waals surface area contributed by atoms with Gasteiger partial charge in [0, 0.05) is 38.0 Å². The van der Waals surface area contributed by atoms with E-state index in [1.807, 2.05) is 53.4 Å². The van der Waals surface area contributed by atoms with Gasteiger partial charge >= 0.3 is 6.03 Å². The third-order valence-corrected chi connectivity index (χ3v) is 2.98. The molecule has 0 aliphatic carbocycles. The Hall–Kier alpha value is -2.31. The fourth-order valence-electron chi connectivity index (χ4n) is 1.84. The number of carbonyl (C=O) groups is 1. The second-order valence-electron chi connectivity index (χ2n) is 4.37. The van der Waals surface area contributed by atoms with E-state index in [2.05, 4.69) is 10.6 Å². The Morgan fingerprint density at radius 3 is 2.33 bits per heavy atom. The molecular formula is C15H19N3O3. The van der Waals surface area contributed by atoms with Crippen molar-refractivity contribution in [2.45, 2.75) is 6.29 Å². The molecule has 0 saturated carbocycles. The molecule has 0 atom stereocenters. The normalized spacial score (nSPS) is 10.6. The summed E-state index contributed by atoms with van der Waals surface area (Å²) in [5, 5.41) is 5.42. The van der Waals surface area contributed by atoms with Crippen LogP contribution >= 0.6 is 0 Å². The number of nitrogens with one attached hydrogen (secondary N) is 2. The number of methoxy groups -OCH3 is 2. The van der Waals surface area contributed by atoms with E-state index in [0.29, 0.717) is 0 Å². The van der Waals surface area contributed by atoms with Gasteiger partial charge in [-0.1, -0.05) is 0 Å². The molecule has 112 valence electrons. The molecule has 0 unspecified atom stereocenters. The molecule has 0 aliphatic rings. The Balaban J connectivity index is 1.87. The fourth-order valence-corrected chi connectivity index (χ4v) is 1.84. The van der Waals surface area contributed by atoms with Crippen molar-refractivity contribution in [1.29, 1.82) is 0 Å². The van der Waals surface area contributed by atoms with Gasteiger partial charge in [0.05, 0.1) is 6.54 Å². The summed E-state index contributed by atoms with van der Waals surface area (Å²) in [6.07, 6.45) is 3.47. The van der Waals surface area contributed by atoms with Crippen molar-refractivity contribution in [2.24, 2.45) is 0 Å². The summed E-state index contributed by atoms with van der Waals surface area (Å²) in [6, 6.07) is 11.2. The highest BCUT2D eigenvalue weighted by atomic mass is 16.7. The van der Waals surface area contributed by atoms with Crippen LogP contribution in [0.3, 0.4) is 0 Å². The minimum absolute atomic E-state index is 0.278. The molecule has 0 spiro atoms. The number of nitrogens with zero attached hydrogens (tertiary/aromatic N) is 1. The first kappa shape index (κ1) is 15.1. The van der Waals surface area contributed by atoms with Crippen LogP contribution in [0.1, 0.15) is 0 Å². The van der Waals surface area contributed by atoms with Crippen LogP contribution in [-0.4, -0.2) is 37.7 Å². The first-order valence-electron chi connectivity index (χ1n) is 6.57. The number of hydrogen-bond acceptors (Lipinski definition) is 3. The molecule has 1 aromatic heterocycles. The topological polar surface area (TPSA) is 64.5 Å². The van der Waals surface area contributed by atoms with Gasteiger partial charge < -0.3 is 24.7 Å². The van der Waals surface area contributed by atoms with Gasteiger partial charge in [0.2, 0.25) is 0 Å². The maximum atomic E-state index is 11.7. The quantitative estimate of drug-likeness (QED) is 0.801. The summed E-state index contributed by atoms with van der Waals surface area (Å²) in [5.41, 5.74) is 1.75. The third-order valence-electron chi connectivity index (χ3n) is 2.98. The maximum absolute atomic E-state index is 11.7. The minimum atomic E-state index is -0.452. The predicted molar refractivity (Wildman–Crippen MR) is 80.6 cm³/mol. The van der Waals surface area contributed by atoms with Crippen LogP contribution in [0.2, 0.25) is 0 Å². The first-order chi connectivity index (χ1) is 10.2. The van der Waals surface area contributed by atoms with Crippen LogP contribution in [0.25, 0.3) is 5.69 Å². The van der Waals surface area contributed by atoms with E-state index in [0.717, 1.165) is 11.4 Å². The highest BCUT2D eigenvalue weighted by Gasteiger charge is 2.07. The number of hydrogen-bond donors (Lipinski definition) is 2. The summed E-state index contributed by atoms with van der Waals surface area (Å²) in [5.74, 6) is 0. The van der Waals surface area contributed by atoms with Gasteiger partial charge in [-0.15, -0.1) is 0 Å². The van der Waals surface area contributed by atoms with Crippen LogP contribution in [0.4, 0.5) is 10.5 Å². The number of rotatable bonds is 6. The highest BCUT2D eigenvalue weighted by Crippen LogP contribution is 2.13. The lowest BCUT2D eigenvalue weighted by Gasteiger charge is -2.14.